The molecule has 1 aromatic rings. The summed E-state index contributed by atoms with van der Waals surface area (Å²) in [6, 6.07) is 0.191. The molecule has 2 rings (SSSR count). The summed E-state index contributed by atoms with van der Waals surface area (Å²) in [6.07, 6.45) is 7.62. The van der Waals surface area contributed by atoms with Gasteiger partial charge in [0.15, 0.2) is 0 Å². The van der Waals surface area contributed by atoms with Gasteiger partial charge in [0.05, 0.1) is 5.69 Å². The molecule has 0 radical (unpaired) electrons. The highest BCUT2D eigenvalue weighted by Crippen LogP contribution is 2.26. The summed E-state index contributed by atoms with van der Waals surface area (Å²) in [6.45, 7) is 6.49. The first-order valence-electron chi connectivity index (χ1n) is 7.62. The molecule has 0 aliphatic carbocycles. The number of aromatic nitrogens is 2. The highest BCUT2D eigenvalue weighted by Gasteiger charge is 2.20. The van der Waals surface area contributed by atoms with Gasteiger partial charge in [0, 0.05) is 31.7 Å². The van der Waals surface area contributed by atoms with Gasteiger partial charge in [0.25, 0.3) is 0 Å². The van der Waals surface area contributed by atoms with Gasteiger partial charge < -0.3 is 10.6 Å². The van der Waals surface area contributed by atoms with Crippen LogP contribution >= 0.6 is 0 Å². The van der Waals surface area contributed by atoms with Crippen molar-refractivity contribution in [2.45, 2.75) is 58.4 Å². The molecule has 1 fully saturated rings. The van der Waals surface area contributed by atoms with E-state index in [2.05, 4.69) is 35.6 Å². The number of anilines is 1. The summed E-state index contributed by atoms with van der Waals surface area (Å²) in [7, 11) is 2.06. The van der Waals surface area contributed by atoms with Gasteiger partial charge in [-0.05, 0) is 33.1 Å². The van der Waals surface area contributed by atoms with E-state index in [-0.39, 0.29) is 6.04 Å². The second kappa shape index (κ2) is 6.42. The average Bonchev–Trinajstić information content (AvgIpc) is 2.54. The Morgan fingerprint density at radius 1 is 1.16 bits per heavy atom. The Balaban J connectivity index is 2.25. The molecular formula is C15H28N4. The fourth-order valence-electron chi connectivity index (χ4n) is 3.11. The summed E-state index contributed by atoms with van der Waals surface area (Å²) >= 11 is 0. The maximum atomic E-state index is 6.00. The molecule has 19 heavy (non-hydrogen) atoms. The SMILES string of the molecule is Cc1nn(C)c(N2CCCCCCC2)c1CC(C)N. The first-order valence-corrected chi connectivity index (χ1v) is 7.62. The second-order valence-corrected chi connectivity index (χ2v) is 5.95. The zero-order valence-corrected chi connectivity index (χ0v) is 12.7. The highest BCUT2D eigenvalue weighted by atomic mass is 15.4. The smallest absolute Gasteiger partial charge is 0.130 e. The van der Waals surface area contributed by atoms with E-state index in [0.29, 0.717) is 0 Å². The molecule has 4 nitrogen and oxygen atoms in total. The van der Waals surface area contributed by atoms with Crippen LogP contribution in [0.5, 0.6) is 0 Å². The number of hydrogen-bond acceptors (Lipinski definition) is 3. The molecule has 0 saturated carbocycles. The topological polar surface area (TPSA) is 47.1 Å². The van der Waals surface area contributed by atoms with E-state index in [1.165, 1.54) is 43.5 Å². The van der Waals surface area contributed by atoms with E-state index in [1.807, 2.05) is 0 Å². The largest absolute Gasteiger partial charge is 0.357 e. The lowest BCUT2D eigenvalue weighted by atomic mass is 10.1. The number of nitrogens with zero attached hydrogens (tertiary/aromatic N) is 3. The van der Waals surface area contributed by atoms with Crippen molar-refractivity contribution < 1.29 is 0 Å². The number of hydrogen-bond donors (Lipinski definition) is 1. The Hall–Kier alpha value is -1.03. The van der Waals surface area contributed by atoms with Crippen molar-refractivity contribution in [2.24, 2.45) is 12.8 Å². The number of nitrogens with two attached hydrogens (primary N) is 1. The first-order chi connectivity index (χ1) is 9.09. The molecular weight excluding hydrogens is 236 g/mol. The Kier molecular flexibility index (Phi) is 4.86. The standard InChI is InChI=1S/C15H28N4/c1-12(16)11-14-13(2)17-18(3)15(14)19-9-7-5-4-6-8-10-19/h12H,4-11,16H2,1-3H3. The zero-order chi connectivity index (χ0) is 13.8. The van der Waals surface area contributed by atoms with Gasteiger partial charge in [-0.3, -0.25) is 4.68 Å². The summed E-state index contributed by atoms with van der Waals surface area (Å²) in [4.78, 5) is 2.52. The van der Waals surface area contributed by atoms with Crippen molar-refractivity contribution in [1.29, 1.82) is 0 Å². The summed E-state index contributed by atoms with van der Waals surface area (Å²) < 4.78 is 2.05. The molecule has 108 valence electrons. The van der Waals surface area contributed by atoms with Crippen LogP contribution in [0.4, 0.5) is 5.82 Å². The Labute approximate surface area is 117 Å². The van der Waals surface area contributed by atoms with Crippen LogP contribution < -0.4 is 10.6 Å². The second-order valence-electron chi connectivity index (χ2n) is 5.95. The normalized spacial score (nSPS) is 19.1. The molecule has 1 aliphatic rings. The number of aryl methyl sites for hydroxylation is 2. The van der Waals surface area contributed by atoms with Crippen molar-refractivity contribution in [1.82, 2.24) is 9.78 Å². The van der Waals surface area contributed by atoms with Crippen molar-refractivity contribution in [3.63, 3.8) is 0 Å². The molecule has 1 atom stereocenters. The van der Waals surface area contributed by atoms with Gasteiger partial charge in [-0.25, -0.2) is 0 Å². The summed E-state index contributed by atoms with van der Waals surface area (Å²) in [5.74, 6) is 1.30. The Bertz CT molecular complexity index is 401. The third-order valence-corrected chi connectivity index (χ3v) is 3.99. The Morgan fingerprint density at radius 2 is 1.74 bits per heavy atom. The van der Waals surface area contributed by atoms with Gasteiger partial charge in [0.1, 0.15) is 5.82 Å². The zero-order valence-electron chi connectivity index (χ0n) is 12.7. The molecule has 0 spiro atoms. The van der Waals surface area contributed by atoms with Gasteiger partial charge in [-0.1, -0.05) is 19.3 Å². The third-order valence-electron chi connectivity index (χ3n) is 3.99. The maximum Gasteiger partial charge on any atom is 0.130 e. The van der Waals surface area contributed by atoms with Crippen LogP contribution in [0.1, 0.15) is 50.3 Å². The van der Waals surface area contributed by atoms with E-state index in [0.717, 1.165) is 25.2 Å². The molecule has 1 aliphatic heterocycles. The van der Waals surface area contributed by atoms with Crippen molar-refractivity contribution in [2.75, 3.05) is 18.0 Å². The monoisotopic (exact) mass is 264 g/mol. The van der Waals surface area contributed by atoms with Crippen LogP contribution in [-0.2, 0) is 13.5 Å². The molecule has 1 saturated heterocycles. The van der Waals surface area contributed by atoms with Gasteiger partial charge in [-0.15, -0.1) is 0 Å². The maximum absolute atomic E-state index is 6.00. The lowest BCUT2D eigenvalue weighted by Gasteiger charge is -2.28. The minimum absolute atomic E-state index is 0.191. The van der Waals surface area contributed by atoms with E-state index >= 15 is 0 Å². The summed E-state index contributed by atoms with van der Waals surface area (Å²) in [5, 5.41) is 4.61. The van der Waals surface area contributed by atoms with Gasteiger partial charge >= 0.3 is 0 Å². The lowest BCUT2D eigenvalue weighted by Crippen LogP contribution is -2.30. The first kappa shape index (κ1) is 14.4. The van der Waals surface area contributed by atoms with Crippen LogP contribution in [0.15, 0.2) is 0 Å². The molecule has 1 unspecified atom stereocenters. The Morgan fingerprint density at radius 3 is 2.32 bits per heavy atom. The van der Waals surface area contributed by atoms with Gasteiger partial charge in [0.2, 0.25) is 0 Å². The van der Waals surface area contributed by atoms with Crippen LogP contribution in [-0.4, -0.2) is 28.9 Å². The predicted octanol–water partition coefficient (Wildman–Crippen LogP) is 2.39. The average molecular weight is 264 g/mol. The molecule has 0 aromatic carbocycles. The minimum atomic E-state index is 0.191. The highest BCUT2D eigenvalue weighted by molar-refractivity contribution is 5.50. The van der Waals surface area contributed by atoms with Crippen LogP contribution in [0, 0.1) is 6.92 Å². The van der Waals surface area contributed by atoms with Crippen molar-refractivity contribution >= 4 is 5.82 Å². The quantitative estimate of drug-likeness (QED) is 0.912. The van der Waals surface area contributed by atoms with E-state index in [4.69, 9.17) is 5.73 Å². The minimum Gasteiger partial charge on any atom is -0.357 e. The van der Waals surface area contributed by atoms with Crippen molar-refractivity contribution in [3.8, 4) is 0 Å². The van der Waals surface area contributed by atoms with Gasteiger partial charge in [-0.2, -0.15) is 5.10 Å². The lowest BCUT2D eigenvalue weighted by molar-refractivity contribution is 0.545. The fraction of sp³-hybridized carbons (Fsp3) is 0.800. The third kappa shape index (κ3) is 3.50. The van der Waals surface area contributed by atoms with Crippen LogP contribution in [0.25, 0.3) is 0 Å². The van der Waals surface area contributed by atoms with E-state index in [9.17, 15) is 0 Å². The van der Waals surface area contributed by atoms with Crippen LogP contribution in [0.2, 0.25) is 0 Å². The van der Waals surface area contributed by atoms with Crippen LogP contribution in [0.3, 0.4) is 0 Å². The fourth-order valence-corrected chi connectivity index (χ4v) is 3.11. The van der Waals surface area contributed by atoms with Crippen molar-refractivity contribution in [3.05, 3.63) is 11.3 Å². The number of rotatable bonds is 3. The van der Waals surface area contributed by atoms with E-state index in [1.54, 1.807) is 0 Å². The molecule has 0 amide bonds. The molecule has 0 bridgehead atoms. The molecule has 1 aromatic heterocycles. The summed E-state index contributed by atoms with van der Waals surface area (Å²) in [5.41, 5.74) is 8.48. The molecule has 4 heteroatoms. The molecule has 2 N–H and O–H groups in total. The molecule has 2 heterocycles. The van der Waals surface area contributed by atoms with E-state index < -0.39 is 0 Å². The predicted molar refractivity (Wildman–Crippen MR) is 80.6 cm³/mol.